The zero-order valence-corrected chi connectivity index (χ0v) is 15.0. The van der Waals surface area contributed by atoms with Crippen LogP contribution in [0.4, 0.5) is 0 Å². The SMILES string of the molecule is CCN1CCCC1CN=C(NCCc1ccco1)NC1CCCC1. The molecule has 5 heteroatoms. The van der Waals surface area contributed by atoms with Crippen LogP contribution in [0.5, 0.6) is 0 Å². The second-order valence-corrected chi connectivity index (χ2v) is 7.00. The molecule has 1 aliphatic heterocycles. The normalized spacial score (nSPS) is 23.0. The van der Waals surface area contributed by atoms with Crippen molar-refractivity contribution in [3.8, 4) is 0 Å². The van der Waals surface area contributed by atoms with E-state index in [4.69, 9.17) is 9.41 Å². The summed E-state index contributed by atoms with van der Waals surface area (Å²) >= 11 is 0. The second-order valence-electron chi connectivity index (χ2n) is 7.00. The fraction of sp³-hybridized carbons (Fsp3) is 0.737. The van der Waals surface area contributed by atoms with Crippen molar-refractivity contribution in [3.05, 3.63) is 24.2 Å². The van der Waals surface area contributed by atoms with Gasteiger partial charge < -0.3 is 15.1 Å². The third-order valence-corrected chi connectivity index (χ3v) is 5.31. The van der Waals surface area contributed by atoms with E-state index in [9.17, 15) is 0 Å². The molecule has 134 valence electrons. The first-order valence-electron chi connectivity index (χ1n) is 9.66. The molecule has 1 aromatic heterocycles. The molecule has 5 nitrogen and oxygen atoms in total. The molecule has 1 saturated carbocycles. The topological polar surface area (TPSA) is 52.8 Å². The lowest BCUT2D eigenvalue weighted by atomic mass is 10.2. The molecular formula is C19H32N4O. The molecule has 1 unspecified atom stereocenters. The van der Waals surface area contributed by atoms with Crippen molar-refractivity contribution in [2.45, 2.75) is 64.0 Å². The minimum absolute atomic E-state index is 0.589. The van der Waals surface area contributed by atoms with Crippen molar-refractivity contribution in [1.29, 1.82) is 0 Å². The third kappa shape index (κ3) is 5.00. The van der Waals surface area contributed by atoms with Crippen molar-refractivity contribution in [2.24, 2.45) is 4.99 Å². The standard InChI is InChI=1S/C19H32N4O/c1-2-23-13-5-9-17(23)15-21-19(22-16-7-3-4-8-16)20-12-11-18-10-6-14-24-18/h6,10,14,16-17H,2-5,7-9,11-13,15H2,1H3,(H2,20,21,22). The van der Waals surface area contributed by atoms with Crippen LogP contribution in [0.1, 0.15) is 51.2 Å². The molecule has 0 bridgehead atoms. The summed E-state index contributed by atoms with van der Waals surface area (Å²) in [5.74, 6) is 2.01. The predicted octanol–water partition coefficient (Wildman–Crippen LogP) is 2.78. The Bertz CT molecular complexity index is 493. The van der Waals surface area contributed by atoms with E-state index < -0.39 is 0 Å². The van der Waals surface area contributed by atoms with Crippen molar-refractivity contribution in [1.82, 2.24) is 15.5 Å². The third-order valence-electron chi connectivity index (χ3n) is 5.31. The van der Waals surface area contributed by atoms with E-state index in [0.717, 1.165) is 37.8 Å². The molecule has 2 aliphatic rings. The lowest BCUT2D eigenvalue weighted by molar-refractivity contribution is 0.273. The Balaban J connectivity index is 1.52. The van der Waals surface area contributed by atoms with Gasteiger partial charge in [-0.3, -0.25) is 9.89 Å². The van der Waals surface area contributed by atoms with Gasteiger partial charge in [0.2, 0.25) is 0 Å². The van der Waals surface area contributed by atoms with Gasteiger partial charge in [0.25, 0.3) is 0 Å². The lowest BCUT2D eigenvalue weighted by Crippen LogP contribution is -2.44. The van der Waals surface area contributed by atoms with Crippen LogP contribution in [0.2, 0.25) is 0 Å². The Hall–Kier alpha value is -1.49. The van der Waals surface area contributed by atoms with Crippen LogP contribution in [-0.4, -0.2) is 49.1 Å². The maximum Gasteiger partial charge on any atom is 0.191 e. The van der Waals surface area contributed by atoms with Crippen molar-refractivity contribution >= 4 is 5.96 Å². The van der Waals surface area contributed by atoms with Gasteiger partial charge in [-0.1, -0.05) is 19.8 Å². The Morgan fingerprint density at radius 3 is 2.92 bits per heavy atom. The number of likely N-dealkylation sites (N-methyl/N-ethyl adjacent to an activating group) is 1. The summed E-state index contributed by atoms with van der Waals surface area (Å²) in [6.07, 6.45) is 10.4. The number of nitrogens with one attached hydrogen (secondary N) is 2. The highest BCUT2D eigenvalue weighted by Gasteiger charge is 2.23. The fourth-order valence-electron chi connectivity index (χ4n) is 3.89. The number of guanidine groups is 1. The maximum absolute atomic E-state index is 5.41. The number of nitrogens with zero attached hydrogens (tertiary/aromatic N) is 2. The molecule has 2 heterocycles. The highest BCUT2D eigenvalue weighted by atomic mass is 16.3. The average Bonchev–Trinajstić information content (AvgIpc) is 3.34. The highest BCUT2D eigenvalue weighted by molar-refractivity contribution is 5.80. The molecule has 0 radical (unpaired) electrons. The van der Waals surface area contributed by atoms with Gasteiger partial charge in [-0.05, 0) is 50.9 Å². The first kappa shape index (κ1) is 17.3. The summed E-state index contributed by atoms with van der Waals surface area (Å²) in [5.41, 5.74) is 0. The smallest absolute Gasteiger partial charge is 0.191 e. The molecule has 1 aromatic rings. The van der Waals surface area contributed by atoms with Gasteiger partial charge in [0.05, 0.1) is 12.8 Å². The van der Waals surface area contributed by atoms with E-state index in [2.05, 4.69) is 22.5 Å². The summed E-state index contributed by atoms with van der Waals surface area (Å²) < 4.78 is 5.41. The number of rotatable bonds is 7. The minimum atomic E-state index is 0.589. The van der Waals surface area contributed by atoms with Gasteiger partial charge in [-0.25, -0.2) is 0 Å². The van der Waals surface area contributed by atoms with Crippen LogP contribution >= 0.6 is 0 Å². The molecule has 2 N–H and O–H groups in total. The van der Waals surface area contributed by atoms with Crippen LogP contribution in [0.15, 0.2) is 27.8 Å². The van der Waals surface area contributed by atoms with Crippen molar-refractivity contribution in [3.63, 3.8) is 0 Å². The summed E-state index contributed by atoms with van der Waals surface area (Å²) in [6, 6.07) is 5.18. The maximum atomic E-state index is 5.41. The van der Waals surface area contributed by atoms with Gasteiger partial charge in [0.15, 0.2) is 5.96 Å². The number of aliphatic imine (C=N–C) groups is 1. The zero-order valence-electron chi connectivity index (χ0n) is 15.0. The Morgan fingerprint density at radius 2 is 2.17 bits per heavy atom. The Labute approximate surface area is 145 Å². The molecular weight excluding hydrogens is 300 g/mol. The largest absolute Gasteiger partial charge is 0.469 e. The van der Waals surface area contributed by atoms with Gasteiger partial charge in [-0.15, -0.1) is 0 Å². The lowest BCUT2D eigenvalue weighted by Gasteiger charge is -2.22. The second kappa shape index (κ2) is 9.11. The van der Waals surface area contributed by atoms with Gasteiger partial charge >= 0.3 is 0 Å². The zero-order chi connectivity index (χ0) is 16.6. The average molecular weight is 332 g/mol. The summed E-state index contributed by atoms with van der Waals surface area (Å²) in [4.78, 5) is 7.46. The Morgan fingerprint density at radius 1 is 1.29 bits per heavy atom. The van der Waals surface area contributed by atoms with Crippen molar-refractivity contribution < 1.29 is 4.42 Å². The van der Waals surface area contributed by atoms with E-state index >= 15 is 0 Å². The molecule has 3 rings (SSSR count). The summed E-state index contributed by atoms with van der Waals surface area (Å²) in [6.45, 7) is 6.37. The minimum Gasteiger partial charge on any atom is -0.469 e. The van der Waals surface area contributed by atoms with Crippen LogP contribution in [0.25, 0.3) is 0 Å². The summed E-state index contributed by atoms with van der Waals surface area (Å²) in [5, 5.41) is 7.14. The van der Waals surface area contributed by atoms with E-state index in [1.807, 2.05) is 12.1 Å². The van der Waals surface area contributed by atoms with Crippen LogP contribution in [0.3, 0.4) is 0 Å². The molecule has 1 atom stereocenters. The van der Waals surface area contributed by atoms with Gasteiger partial charge in [-0.2, -0.15) is 0 Å². The molecule has 1 aliphatic carbocycles. The number of hydrogen-bond acceptors (Lipinski definition) is 3. The van der Waals surface area contributed by atoms with Gasteiger partial charge in [0, 0.05) is 25.0 Å². The molecule has 1 saturated heterocycles. The van der Waals surface area contributed by atoms with E-state index in [-0.39, 0.29) is 0 Å². The highest BCUT2D eigenvalue weighted by Crippen LogP contribution is 2.18. The molecule has 2 fully saturated rings. The van der Waals surface area contributed by atoms with Crippen LogP contribution in [-0.2, 0) is 6.42 Å². The predicted molar refractivity (Wildman–Crippen MR) is 98.4 cm³/mol. The van der Waals surface area contributed by atoms with Crippen LogP contribution in [0, 0.1) is 0 Å². The van der Waals surface area contributed by atoms with E-state index in [1.54, 1.807) is 6.26 Å². The monoisotopic (exact) mass is 332 g/mol. The Kier molecular flexibility index (Phi) is 6.58. The molecule has 0 amide bonds. The quantitative estimate of drug-likeness (QED) is 0.595. The fourth-order valence-corrected chi connectivity index (χ4v) is 3.89. The molecule has 24 heavy (non-hydrogen) atoms. The number of likely N-dealkylation sites (tertiary alicyclic amines) is 1. The molecule has 0 spiro atoms. The number of hydrogen-bond donors (Lipinski definition) is 2. The van der Waals surface area contributed by atoms with Crippen molar-refractivity contribution in [2.75, 3.05) is 26.2 Å². The van der Waals surface area contributed by atoms with E-state index in [0.29, 0.717) is 12.1 Å². The van der Waals surface area contributed by atoms with Crippen LogP contribution < -0.4 is 10.6 Å². The van der Waals surface area contributed by atoms with E-state index in [1.165, 1.54) is 45.1 Å². The molecule has 0 aromatic carbocycles. The number of furan rings is 1. The first-order valence-corrected chi connectivity index (χ1v) is 9.66. The first-order chi connectivity index (χ1) is 11.8. The van der Waals surface area contributed by atoms with Gasteiger partial charge in [0.1, 0.15) is 5.76 Å². The summed E-state index contributed by atoms with van der Waals surface area (Å²) in [7, 11) is 0.